The van der Waals surface area contributed by atoms with E-state index in [1.54, 1.807) is 12.3 Å². The summed E-state index contributed by atoms with van der Waals surface area (Å²) in [6.07, 6.45) is 2.92. The van der Waals surface area contributed by atoms with Crippen LogP contribution in [0.15, 0.2) is 16.7 Å². The van der Waals surface area contributed by atoms with Gasteiger partial charge in [0.25, 0.3) is 0 Å². The number of nitrogens with zero attached hydrogens (tertiary/aromatic N) is 1. The molecule has 0 aliphatic carbocycles. The second-order valence-electron chi connectivity index (χ2n) is 4.04. The summed E-state index contributed by atoms with van der Waals surface area (Å²) in [5.74, 6) is 0.734. The van der Waals surface area contributed by atoms with E-state index >= 15 is 0 Å². The van der Waals surface area contributed by atoms with E-state index in [1.165, 1.54) is 0 Å². The van der Waals surface area contributed by atoms with E-state index in [2.05, 4.69) is 31.5 Å². The highest BCUT2D eigenvalue weighted by Gasteiger charge is 2.06. The van der Waals surface area contributed by atoms with Crippen LogP contribution in [0.3, 0.4) is 0 Å². The summed E-state index contributed by atoms with van der Waals surface area (Å²) >= 11 is 9.15. The predicted molar refractivity (Wildman–Crippen MR) is 77.9 cm³/mol. The van der Waals surface area contributed by atoms with Gasteiger partial charge in [0.1, 0.15) is 5.82 Å². The van der Waals surface area contributed by atoms with E-state index < -0.39 is 0 Å². The lowest BCUT2D eigenvalue weighted by Gasteiger charge is -2.12. The van der Waals surface area contributed by atoms with Crippen LogP contribution in [0.4, 0.5) is 5.82 Å². The van der Waals surface area contributed by atoms with Gasteiger partial charge < -0.3 is 10.6 Å². The lowest BCUT2D eigenvalue weighted by atomic mass is 10.2. The maximum atomic E-state index is 11.5. The molecule has 0 aromatic carbocycles. The second-order valence-corrected chi connectivity index (χ2v) is 5.33. The molecule has 0 aliphatic rings. The first kappa shape index (κ1) is 15.2. The molecule has 1 atom stereocenters. The van der Waals surface area contributed by atoms with Crippen molar-refractivity contribution in [1.82, 2.24) is 10.3 Å². The Bertz CT molecular complexity index is 414. The zero-order chi connectivity index (χ0) is 13.5. The van der Waals surface area contributed by atoms with E-state index in [4.69, 9.17) is 11.6 Å². The SMILES string of the molecule is CCC(C)NC(=O)CCNc1ncc(Cl)cc1Br. The Kier molecular flexibility index (Phi) is 6.43. The van der Waals surface area contributed by atoms with Gasteiger partial charge in [0.2, 0.25) is 5.91 Å². The van der Waals surface area contributed by atoms with Crippen molar-refractivity contribution in [2.75, 3.05) is 11.9 Å². The third-order valence-corrected chi connectivity index (χ3v) is 3.28. The van der Waals surface area contributed by atoms with Crippen LogP contribution < -0.4 is 10.6 Å². The van der Waals surface area contributed by atoms with Crippen molar-refractivity contribution in [2.24, 2.45) is 0 Å². The average molecular weight is 335 g/mol. The molecule has 0 saturated heterocycles. The Morgan fingerprint density at radius 3 is 2.94 bits per heavy atom. The Labute approximate surface area is 121 Å². The van der Waals surface area contributed by atoms with Gasteiger partial charge >= 0.3 is 0 Å². The number of nitrogens with one attached hydrogen (secondary N) is 2. The highest BCUT2D eigenvalue weighted by atomic mass is 79.9. The van der Waals surface area contributed by atoms with Crippen LogP contribution in [0.2, 0.25) is 5.02 Å². The first-order valence-corrected chi connectivity index (χ1v) is 7.04. The van der Waals surface area contributed by atoms with Crippen LogP contribution in [-0.4, -0.2) is 23.5 Å². The number of carbonyl (C=O) groups excluding carboxylic acids is 1. The van der Waals surface area contributed by atoms with Gasteiger partial charge in [-0.2, -0.15) is 0 Å². The van der Waals surface area contributed by atoms with Crippen molar-refractivity contribution in [1.29, 1.82) is 0 Å². The van der Waals surface area contributed by atoms with Gasteiger partial charge in [-0.1, -0.05) is 18.5 Å². The lowest BCUT2D eigenvalue weighted by Crippen LogP contribution is -2.33. The molecular formula is C12H17BrClN3O. The Hall–Kier alpha value is -0.810. The second kappa shape index (κ2) is 7.59. The van der Waals surface area contributed by atoms with Gasteiger partial charge in [-0.15, -0.1) is 0 Å². The molecule has 0 bridgehead atoms. The molecular weight excluding hydrogens is 318 g/mol. The molecule has 0 fully saturated rings. The minimum Gasteiger partial charge on any atom is -0.369 e. The molecule has 100 valence electrons. The van der Waals surface area contributed by atoms with E-state index in [0.29, 0.717) is 23.8 Å². The molecule has 1 heterocycles. The quantitative estimate of drug-likeness (QED) is 0.840. The summed E-state index contributed by atoms with van der Waals surface area (Å²) in [5.41, 5.74) is 0. The van der Waals surface area contributed by atoms with Crippen LogP contribution in [0.1, 0.15) is 26.7 Å². The standard InChI is InChI=1S/C12H17BrClN3O/c1-3-8(2)17-11(18)4-5-15-12-10(13)6-9(14)7-16-12/h6-8H,3-5H2,1-2H3,(H,15,16)(H,17,18). The third kappa shape index (κ3) is 5.23. The molecule has 0 aliphatic heterocycles. The third-order valence-electron chi connectivity index (χ3n) is 2.47. The van der Waals surface area contributed by atoms with Crippen LogP contribution in [0, 0.1) is 0 Å². The number of aromatic nitrogens is 1. The molecule has 1 aromatic heterocycles. The van der Waals surface area contributed by atoms with Gasteiger partial charge in [-0.25, -0.2) is 4.98 Å². The van der Waals surface area contributed by atoms with Crippen LogP contribution >= 0.6 is 27.5 Å². The molecule has 1 amide bonds. The number of hydrogen-bond acceptors (Lipinski definition) is 3. The fourth-order valence-electron chi connectivity index (χ4n) is 1.29. The van der Waals surface area contributed by atoms with Gasteiger partial charge in [0, 0.05) is 25.2 Å². The number of anilines is 1. The van der Waals surface area contributed by atoms with E-state index in [-0.39, 0.29) is 11.9 Å². The maximum Gasteiger partial charge on any atom is 0.221 e. The molecule has 18 heavy (non-hydrogen) atoms. The highest BCUT2D eigenvalue weighted by molar-refractivity contribution is 9.10. The van der Waals surface area contributed by atoms with Crippen molar-refractivity contribution < 1.29 is 4.79 Å². The largest absolute Gasteiger partial charge is 0.369 e. The summed E-state index contributed by atoms with van der Waals surface area (Å²) in [7, 11) is 0. The minimum atomic E-state index is 0.0435. The number of carbonyl (C=O) groups is 1. The molecule has 0 saturated carbocycles. The van der Waals surface area contributed by atoms with Gasteiger partial charge in [0.05, 0.1) is 9.50 Å². The van der Waals surface area contributed by atoms with Crippen molar-refractivity contribution in [2.45, 2.75) is 32.7 Å². The first-order chi connectivity index (χ1) is 8.52. The van der Waals surface area contributed by atoms with Crippen molar-refractivity contribution >= 4 is 39.3 Å². The number of halogens is 2. The normalized spacial score (nSPS) is 12.0. The highest BCUT2D eigenvalue weighted by Crippen LogP contribution is 2.22. The number of pyridine rings is 1. The van der Waals surface area contributed by atoms with Crippen molar-refractivity contribution in [3.05, 3.63) is 21.8 Å². The zero-order valence-electron chi connectivity index (χ0n) is 10.5. The monoisotopic (exact) mass is 333 g/mol. The predicted octanol–water partition coefficient (Wildman–Crippen LogP) is 3.21. The van der Waals surface area contributed by atoms with E-state index in [1.807, 2.05) is 13.8 Å². The summed E-state index contributed by atoms with van der Waals surface area (Å²) in [4.78, 5) is 15.7. The van der Waals surface area contributed by atoms with Crippen LogP contribution in [0.25, 0.3) is 0 Å². The van der Waals surface area contributed by atoms with Crippen LogP contribution in [-0.2, 0) is 4.79 Å². The molecule has 2 N–H and O–H groups in total. The van der Waals surface area contributed by atoms with E-state index in [0.717, 1.165) is 10.9 Å². The average Bonchev–Trinajstić information content (AvgIpc) is 2.31. The first-order valence-electron chi connectivity index (χ1n) is 5.87. The fraction of sp³-hybridized carbons (Fsp3) is 0.500. The summed E-state index contributed by atoms with van der Waals surface area (Å²) in [6.45, 7) is 4.57. The van der Waals surface area contributed by atoms with Gasteiger partial charge in [-0.05, 0) is 35.3 Å². The van der Waals surface area contributed by atoms with Gasteiger partial charge in [-0.3, -0.25) is 4.79 Å². The molecule has 0 spiro atoms. The van der Waals surface area contributed by atoms with Crippen molar-refractivity contribution in [3.8, 4) is 0 Å². The van der Waals surface area contributed by atoms with Gasteiger partial charge in [0.15, 0.2) is 0 Å². The van der Waals surface area contributed by atoms with Crippen molar-refractivity contribution in [3.63, 3.8) is 0 Å². The van der Waals surface area contributed by atoms with E-state index in [9.17, 15) is 4.79 Å². The minimum absolute atomic E-state index is 0.0435. The summed E-state index contributed by atoms with van der Waals surface area (Å²) in [5, 5.41) is 6.56. The fourth-order valence-corrected chi connectivity index (χ4v) is 2.07. The zero-order valence-corrected chi connectivity index (χ0v) is 12.8. The Morgan fingerprint density at radius 2 is 2.33 bits per heavy atom. The van der Waals surface area contributed by atoms with Crippen LogP contribution in [0.5, 0.6) is 0 Å². The topological polar surface area (TPSA) is 54.0 Å². The Morgan fingerprint density at radius 1 is 1.61 bits per heavy atom. The molecule has 1 rings (SSSR count). The maximum absolute atomic E-state index is 11.5. The number of amides is 1. The molecule has 6 heteroatoms. The number of hydrogen-bond donors (Lipinski definition) is 2. The molecule has 0 radical (unpaired) electrons. The summed E-state index contributed by atoms with van der Waals surface area (Å²) < 4.78 is 0.789. The number of rotatable bonds is 6. The molecule has 1 aromatic rings. The Balaban J connectivity index is 2.35. The summed E-state index contributed by atoms with van der Waals surface area (Å²) in [6, 6.07) is 1.98. The molecule has 1 unspecified atom stereocenters. The molecule has 4 nitrogen and oxygen atoms in total. The lowest BCUT2D eigenvalue weighted by molar-refractivity contribution is -0.121. The smallest absolute Gasteiger partial charge is 0.221 e.